The minimum atomic E-state index is -0.785. The van der Waals surface area contributed by atoms with Crippen molar-refractivity contribution in [2.45, 2.75) is 25.9 Å². The molecule has 1 unspecified atom stereocenters. The van der Waals surface area contributed by atoms with Crippen LogP contribution in [0.15, 0.2) is 78.9 Å². The average molecular weight is 522 g/mol. The summed E-state index contributed by atoms with van der Waals surface area (Å²) in [5.41, 5.74) is 2.44. The van der Waals surface area contributed by atoms with Crippen LogP contribution in [0.4, 0.5) is 11.4 Å². The first kappa shape index (κ1) is 25.3. The normalized spacial score (nSPS) is 15.2. The van der Waals surface area contributed by atoms with E-state index in [1.807, 2.05) is 30.3 Å². The van der Waals surface area contributed by atoms with E-state index in [2.05, 4.69) is 5.32 Å². The molecule has 1 atom stereocenters. The van der Waals surface area contributed by atoms with Gasteiger partial charge >= 0.3 is 5.97 Å². The van der Waals surface area contributed by atoms with Crippen molar-refractivity contribution in [3.05, 3.63) is 95.0 Å². The van der Waals surface area contributed by atoms with Gasteiger partial charge in [0.05, 0.1) is 24.3 Å². The standard InChI is InChI=1S/C27H24ClN3O4S/c1-2-35-26(34)19-10-14-21(15-11-19)29-24(32)16-23-25(33)31(22-6-4-3-5-7-22)27(36)30(23)17-18-8-12-20(28)13-9-18/h3-15,23H,2,16-17H2,1H3,(H,29,32). The molecule has 1 aliphatic rings. The molecule has 1 heterocycles. The van der Waals surface area contributed by atoms with Crippen molar-refractivity contribution in [2.24, 2.45) is 0 Å². The molecule has 2 amide bonds. The smallest absolute Gasteiger partial charge is 0.338 e. The molecule has 184 valence electrons. The summed E-state index contributed by atoms with van der Waals surface area (Å²) >= 11 is 11.7. The third kappa shape index (κ3) is 5.72. The number of nitrogens with one attached hydrogen (secondary N) is 1. The molecule has 1 fully saturated rings. The molecular weight excluding hydrogens is 498 g/mol. The molecule has 4 rings (SSSR count). The van der Waals surface area contributed by atoms with Crippen molar-refractivity contribution in [3.63, 3.8) is 0 Å². The van der Waals surface area contributed by atoms with Gasteiger partial charge in [0.1, 0.15) is 6.04 Å². The minimum Gasteiger partial charge on any atom is -0.462 e. The number of carbonyl (C=O) groups excluding carboxylic acids is 3. The highest BCUT2D eigenvalue weighted by Crippen LogP contribution is 2.29. The minimum absolute atomic E-state index is 0.102. The van der Waals surface area contributed by atoms with Crippen molar-refractivity contribution < 1.29 is 19.1 Å². The van der Waals surface area contributed by atoms with E-state index in [-0.39, 0.29) is 24.8 Å². The summed E-state index contributed by atoms with van der Waals surface area (Å²) in [4.78, 5) is 41.5. The first-order chi connectivity index (χ1) is 17.4. The van der Waals surface area contributed by atoms with E-state index in [0.717, 1.165) is 5.56 Å². The third-order valence-electron chi connectivity index (χ3n) is 5.66. The van der Waals surface area contributed by atoms with Gasteiger partial charge in [-0.05, 0) is 73.2 Å². The van der Waals surface area contributed by atoms with Crippen LogP contribution in [0.25, 0.3) is 0 Å². The number of benzene rings is 3. The third-order valence-corrected chi connectivity index (χ3v) is 6.33. The second-order valence-corrected chi connectivity index (χ2v) is 8.91. The molecule has 3 aromatic rings. The van der Waals surface area contributed by atoms with E-state index < -0.39 is 12.0 Å². The summed E-state index contributed by atoms with van der Waals surface area (Å²) in [5.74, 6) is -1.05. The Balaban J connectivity index is 1.53. The van der Waals surface area contributed by atoms with E-state index in [9.17, 15) is 14.4 Å². The highest BCUT2D eigenvalue weighted by atomic mass is 35.5. The first-order valence-corrected chi connectivity index (χ1v) is 12.2. The lowest BCUT2D eigenvalue weighted by molar-refractivity contribution is -0.124. The Bertz CT molecular complexity index is 1270. The fraction of sp³-hybridized carbons (Fsp3) is 0.185. The predicted octanol–water partition coefficient (Wildman–Crippen LogP) is 5.05. The molecule has 1 saturated heterocycles. The van der Waals surface area contributed by atoms with Gasteiger partial charge in [0.25, 0.3) is 5.91 Å². The molecule has 1 N–H and O–H groups in total. The number of hydrogen-bond donors (Lipinski definition) is 1. The van der Waals surface area contributed by atoms with Gasteiger partial charge in [-0.1, -0.05) is 41.9 Å². The highest BCUT2D eigenvalue weighted by molar-refractivity contribution is 7.80. The zero-order valence-corrected chi connectivity index (χ0v) is 21.1. The summed E-state index contributed by atoms with van der Waals surface area (Å²) in [6.07, 6.45) is -0.102. The molecule has 7 nitrogen and oxygen atoms in total. The maximum atomic E-state index is 13.5. The molecule has 0 radical (unpaired) electrons. The zero-order valence-electron chi connectivity index (χ0n) is 19.5. The predicted molar refractivity (Wildman–Crippen MR) is 143 cm³/mol. The molecule has 3 aromatic carbocycles. The average Bonchev–Trinajstić information content (AvgIpc) is 3.10. The summed E-state index contributed by atoms with van der Waals surface area (Å²) in [6, 6.07) is 22.0. The molecule has 0 bridgehead atoms. The maximum absolute atomic E-state index is 13.5. The highest BCUT2D eigenvalue weighted by Gasteiger charge is 2.44. The van der Waals surface area contributed by atoms with Crippen molar-refractivity contribution in [1.82, 2.24) is 4.90 Å². The lowest BCUT2D eigenvalue weighted by Crippen LogP contribution is -2.37. The Kier molecular flexibility index (Phi) is 7.97. The van der Waals surface area contributed by atoms with Crippen molar-refractivity contribution in [3.8, 4) is 0 Å². The van der Waals surface area contributed by atoms with Crippen LogP contribution in [-0.2, 0) is 20.9 Å². The Labute approximate surface area is 219 Å². The molecular formula is C27H24ClN3O4S. The summed E-state index contributed by atoms with van der Waals surface area (Å²) in [5, 5.41) is 3.74. The van der Waals surface area contributed by atoms with E-state index >= 15 is 0 Å². The number of carbonyl (C=O) groups is 3. The monoisotopic (exact) mass is 521 g/mol. The van der Waals surface area contributed by atoms with Crippen LogP contribution in [0.3, 0.4) is 0 Å². The van der Waals surface area contributed by atoms with Crippen LogP contribution < -0.4 is 10.2 Å². The zero-order chi connectivity index (χ0) is 25.7. The fourth-order valence-corrected chi connectivity index (χ4v) is 4.42. The van der Waals surface area contributed by atoms with Crippen LogP contribution in [0.5, 0.6) is 0 Å². The van der Waals surface area contributed by atoms with Crippen LogP contribution in [-0.4, -0.2) is 40.4 Å². The van der Waals surface area contributed by atoms with E-state index in [1.165, 1.54) is 4.90 Å². The summed E-state index contributed by atoms with van der Waals surface area (Å²) in [7, 11) is 0. The number of para-hydroxylation sites is 1. The Hall–Kier alpha value is -3.75. The molecule has 9 heteroatoms. The number of amides is 2. The van der Waals surface area contributed by atoms with Gasteiger partial charge in [-0.2, -0.15) is 0 Å². The second-order valence-electron chi connectivity index (χ2n) is 8.11. The van der Waals surface area contributed by atoms with Crippen LogP contribution in [0, 0.1) is 0 Å². The number of hydrogen-bond acceptors (Lipinski definition) is 5. The van der Waals surface area contributed by atoms with Crippen LogP contribution in [0.2, 0.25) is 5.02 Å². The van der Waals surface area contributed by atoms with Gasteiger partial charge in [-0.25, -0.2) is 4.79 Å². The number of ether oxygens (including phenoxy) is 1. The van der Waals surface area contributed by atoms with Gasteiger partial charge in [0, 0.05) is 17.3 Å². The lowest BCUT2D eigenvalue weighted by Gasteiger charge is -2.24. The number of rotatable bonds is 8. The molecule has 0 aromatic heterocycles. The van der Waals surface area contributed by atoms with Crippen LogP contribution in [0.1, 0.15) is 29.3 Å². The van der Waals surface area contributed by atoms with Crippen LogP contribution >= 0.6 is 23.8 Å². The molecule has 0 spiro atoms. The van der Waals surface area contributed by atoms with E-state index in [0.29, 0.717) is 33.6 Å². The van der Waals surface area contributed by atoms with Gasteiger partial charge < -0.3 is 15.0 Å². The summed E-state index contributed by atoms with van der Waals surface area (Å²) < 4.78 is 4.98. The second kappa shape index (κ2) is 11.3. The first-order valence-electron chi connectivity index (χ1n) is 11.4. The Morgan fingerprint density at radius 2 is 1.67 bits per heavy atom. The molecule has 36 heavy (non-hydrogen) atoms. The SMILES string of the molecule is CCOC(=O)c1ccc(NC(=O)CC2C(=O)N(c3ccccc3)C(=S)N2Cc2ccc(Cl)cc2)cc1. The fourth-order valence-electron chi connectivity index (χ4n) is 3.91. The van der Waals surface area contributed by atoms with E-state index in [1.54, 1.807) is 60.4 Å². The van der Waals surface area contributed by atoms with Crippen molar-refractivity contribution in [1.29, 1.82) is 0 Å². The van der Waals surface area contributed by atoms with Crippen molar-refractivity contribution >= 4 is 58.1 Å². The number of esters is 1. The Morgan fingerprint density at radius 3 is 2.31 bits per heavy atom. The van der Waals surface area contributed by atoms with E-state index in [4.69, 9.17) is 28.6 Å². The topological polar surface area (TPSA) is 78.9 Å². The number of thiocarbonyl (C=S) groups is 1. The molecule has 1 aliphatic heterocycles. The number of anilines is 2. The van der Waals surface area contributed by atoms with Crippen molar-refractivity contribution in [2.75, 3.05) is 16.8 Å². The van der Waals surface area contributed by atoms with Gasteiger partial charge in [0.2, 0.25) is 5.91 Å². The number of nitrogens with zero attached hydrogens (tertiary/aromatic N) is 2. The quantitative estimate of drug-likeness (QED) is 0.330. The van der Waals surface area contributed by atoms with Gasteiger partial charge in [0.15, 0.2) is 5.11 Å². The lowest BCUT2D eigenvalue weighted by atomic mass is 10.1. The summed E-state index contributed by atoms with van der Waals surface area (Å²) in [6.45, 7) is 2.36. The van der Waals surface area contributed by atoms with Gasteiger partial charge in [-0.3, -0.25) is 14.5 Å². The van der Waals surface area contributed by atoms with Gasteiger partial charge in [-0.15, -0.1) is 0 Å². The maximum Gasteiger partial charge on any atom is 0.338 e. The number of halogens is 1. The molecule has 0 aliphatic carbocycles. The Morgan fingerprint density at radius 1 is 1.00 bits per heavy atom. The molecule has 0 saturated carbocycles. The largest absolute Gasteiger partial charge is 0.462 e.